The molecular weight excluding hydrogens is 459 g/mol. The standard InChI is InChI=1S/C26H34F3N3O3/c1-24(2,3)21-15-22(32(31(21)6)16-19-8-7-13-35-19)30-23(33)20-14-18(26(27,28)29)10-9-17(20)11-12-25(4,5)34/h9-12,14-15,19,34H,7-8,13,16H2,1-6H3/b12-11+,30-22+/t19-/m1/s1. The number of aliphatic hydroxyl groups is 1. The van der Waals surface area contributed by atoms with Crippen molar-refractivity contribution in [2.45, 2.75) is 77.3 Å². The van der Waals surface area contributed by atoms with Crippen LogP contribution < -0.4 is 5.49 Å². The maximum atomic E-state index is 13.4. The van der Waals surface area contributed by atoms with E-state index in [1.165, 1.54) is 32.1 Å². The first-order valence-electron chi connectivity index (χ1n) is 11.7. The molecule has 2 heterocycles. The minimum atomic E-state index is -4.61. The Balaban J connectivity index is 2.15. The summed E-state index contributed by atoms with van der Waals surface area (Å²) >= 11 is 0. The van der Waals surface area contributed by atoms with E-state index in [4.69, 9.17) is 4.74 Å². The molecule has 0 unspecified atom stereocenters. The van der Waals surface area contributed by atoms with Gasteiger partial charge in [0.1, 0.15) is 0 Å². The predicted octanol–water partition coefficient (Wildman–Crippen LogP) is 4.85. The van der Waals surface area contributed by atoms with Crippen LogP contribution in [0.25, 0.3) is 6.08 Å². The molecule has 0 saturated carbocycles. The summed E-state index contributed by atoms with van der Waals surface area (Å²) in [6.07, 6.45) is 0.0623. The quantitative estimate of drug-likeness (QED) is 0.648. The third-order valence-electron chi connectivity index (χ3n) is 5.91. The van der Waals surface area contributed by atoms with Gasteiger partial charge < -0.3 is 9.84 Å². The molecule has 192 valence electrons. The topological polar surface area (TPSA) is 68.8 Å². The summed E-state index contributed by atoms with van der Waals surface area (Å²) in [4.78, 5) is 17.6. The van der Waals surface area contributed by atoms with Gasteiger partial charge in [0.05, 0.1) is 23.8 Å². The van der Waals surface area contributed by atoms with Gasteiger partial charge in [-0.25, -0.2) is 0 Å². The molecule has 9 heteroatoms. The number of nitrogens with zero attached hydrogens (tertiary/aromatic N) is 3. The first-order valence-corrected chi connectivity index (χ1v) is 11.7. The average Bonchev–Trinajstić information content (AvgIpc) is 3.34. The van der Waals surface area contributed by atoms with E-state index in [0.29, 0.717) is 18.6 Å². The number of rotatable bonds is 5. The number of halogens is 3. The van der Waals surface area contributed by atoms with Crippen LogP contribution in [-0.4, -0.2) is 38.7 Å². The highest BCUT2D eigenvalue weighted by Gasteiger charge is 2.32. The Morgan fingerprint density at radius 1 is 1.20 bits per heavy atom. The smallest absolute Gasteiger partial charge is 0.386 e. The largest absolute Gasteiger partial charge is 0.416 e. The van der Waals surface area contributed by atoms with E-state index in [9.17, 15) is 23.1 Å². The average molecular weight is 494 g/mol. The zero-order valence-corrected chi connectivity index (χ0v) is 21.1. The van der Waals surface area contributed by atoms with Crippen molar-refractivity contribution in [2.24, 2.45) is 12.0 Å². The van der Waals surface area contributed by atoms with Crippen LogP contribution >= 0.6 is 0 Å². The second kappa shape index (κ2) is 9.78. The van der Waals surface area contributed by atoms with Crippen molar-refractivity contribution in [1.82, 2.24) is 9.36 Å². The van der Waals surface area contributed by atoms with Crippen LogP contribution in [0.5, 0.6) is 0 Å². The van der Waals surface area contributed by atoms with Gasteiger partial charge in [-0.05, 0) is 44.4 Å². The van der Waals surface area contributed by atoms with E-state index in [-0.39, 0.29) is 22.6 Å². The number of benzene rings is 1. The Kier molecular flexibility index (Phi) is 7.53. The normalized spacial score (nSPS) is 18.1. The first-order chi connectivity index (χ1) is 16.1. The monoisotopic (exact) mass is 493 g/mol. The lowest BCUT2D eigenvalue weighted by Gasteiger charge is -2.21. The number of hydrogen-bond donors (Lipinski definition) is 1. The third-order valence-corrected chi connectivity index (χ3v) is 5.91. The summed E-state index contributed by atoms with van der Waals surface area (Å²) in [5.74, 6) is -0.793. The van der Waals surface area contributed by atoms with Crippen LogP contribution in [-0.2, 0) is 29.9 Å². The summed E-state index contributed by atoms with van der Waals surface area (Å²) in [7, 11) is 1.88. The molecule has 6 nitrogen and oxygen atoms in total. The first kappa shape index (κ1) is 26.9. The van der Waals surface area contributed by atoms with E-state index in [2.05, 4.69) is 4.99 Å². The lowest BCUT2D eigenvalue weighted by Crippen LogP contribution is -2.30. The van der Waals surface area contributed by atoms with Gasteiger partial charge in [0, 0.05) is 36.4 Å². The fourth-order valence-electron chi connectivity index (χ4n) is 4.08. The lowest BCUT2D eigenvalue weighted by atomic mass is 9.92. The second-order valence-corrected chi connectivity index (χ2v) is 10.6. The zero-order chi connectivity index (χ0) is 26.2. The minimum absolute atomic E-state index is 0.0238. The van der Waals surface area contributed by atoms with Crippen molar-refractivity contribution in [2.75, 3.05) is 6.61 Å². The van der Waals surface area contributed by atoms with Gasteiger partial charge in [-0.3, -0.25) is 14.2 Å². The van der Waals surface area contributed by atoms with E-state index in [0.717, 1.165) is 30.7 Å². The highest BCUT2D eigenvalue weighted by Crippen LogP contribution is 2.31. The van der Waals surface area contributed by atoms with Crippen molar-refractivity contribution in [3.8, 4) is 0 Å². The Bertz CT molecular complexity index is 1170. The van der Waals surface area contributed by atoms with Crippen molar-refractivity contribution >= 4 is 12.0 Å². The molecule has 1 N–H and O–H groups in total. The Morgan fingerprint density at radius 3 is 2.43 bits per heavy atom. The number of amides is 1. The summed E-state index contributed by atoms with van der Waals surface area (Å²) < 4.78 is 49.8. The number of carbonyl (C=O) groups is 1. The summed E-state index contributed by atoms with van der Waals surface area (Å²) in [6.45, 7) is 10.3. The molecule has 1 saturated heterocycles. The van der Waals surface area contributed by atoms with Gasteiger partial charge in [-0.1, -0.05) is 39.0 Å². The molecule has 1 atom stereocenters. The molecular formula is C26H34F3N3O3. The molecule has 3 rings (SSSR count). The fourth-order valence-corrected chi connectivity index (χ4v) is 4.08. The van der Waals surface area contributed by atoms with Gasteiger partial charge in [0.15, 0.2) is 5.49 Å². The van der Waals surface area contributed by atoms with Gasteiger partial charge in [-0.2, -0.15) is 18.2 Å². The third kappa shape index (κ3) is 6.73. The molecule has 1 aromatic heterocycles. The molecule has 1 aliphatic heterocycles. The highest BCUT2D eigenvalue weighted by molar-refractivity contribution is 5.98. The zero-order valence-electron chi connectivity index (χ0n) is 21.1. The van der Waals surface area contributed by atoms with Crippen LogP contribution in [0.1, 0.15) is 74.6 Å². The SMILES string of the molecule is Cn1c(C(C)(C)C)c/c(=N\C(=O)c2cc(C(F)(F)F)ccc2/C=C/C(C)(C)O)n1C[C@H]1CCCO1. The van der Waals surface area contributed by atoms with Crippen molar-refractivity contribution in [3.63, 3.8) is 0 Å². The maximum Gasteiger partial charge on any atom is 0.416 e. The maximum absolute atomic E-state index is 13.4. The van der Waals surface area contributed by atoms with Gasteiger partial charge >= 0.3 is 6.18 Å². The van der Waals surface area contributed by atoms with Crippen LogP contribution in [0, 0.1) is 0 Å². The highest BCUT2D eigenvalue weighted by atomic mass is 19.4. The molecule has 0 spiro atoms. The van der Waals surface area contributed by atoms with Crippen LogP contribution in [0.15, 0.2) is 35.3 Å². The van der Waals surface area contributed by atoms with Crippen molar-refractivity contribution in [3.05, 3.63) is 58.2 Å². The molecule has 35 heavy (non-hydrogen) atoms. The second-order valence-electron chi connectivity index (χ2n) is 10.6. The molecule has 1 amide bonds. The van der Waals surface area contributed by atoms with E-state index in [1.54, 1.807) is 6.07 Å². The van der Waals surface area contributed by atoms with Crippen LogP contribution in [0.3, 0.4) is 0 Å². The van der Waals surface area contributed by atoms with Crippen molar-refractivity contribution < 1.29 is 27.8 Å². The minimum Gasteiger partial charge on any atom is -0.386 e. The van der Waals surface area contributed by atoms with Gasteiger partial charge in [0.2, 0.25) is 0 Å². The number of alkyl halides is 3. The molecule has 1 aromatic carbocycles. The Hall–Kier alpha value is -2.65. The number of hydrogen-bond acceptors (Lipinski definition) is 3. The molecule has 0 radical (unpaired) electrons. The van der Waals surface area contributed by atoms with Crippen molar-refractivity contribution in [1.29, 1.82) is 0 Å². The molecule has 0 bridgehead atoms. The summed E-state index contributed by atoms with van der Waals surface area (Å²) in [5, 5.41) is 10.0. The van der Waals surface area contributed by atoms with Gasteiger partial charge in [-0.15, -0.1) is 0 Å². The molecule has 1 fully saturated rings. The van der Waals surface area contributed by atoms with Gasteiger partial charge in [0.25, 0.3) is 5.91 Å². The number of carbonyl (C=O) groups excluding carboxylic acids is 1. The van der Waals surface area contributed by atoms with E-state index >= 15 is 0 Å². The van der Waals surface area contributed by atoms with Crippen LogP contribution in [0.2, 0.25) is 0 Å². The summed E-state index contributed by atoms with van der Waals surface area (Å²) in [5.41, 5.74) is -1.06. The van der Waals surface area contributed by atoms with E-state index < -0.39 is 23.2 Å². The Labute approximate surface area is 203 Å². The fraction of sp³-hybridized carbons (Fsp3) is 0.538. The lowest BCUT2D eigenvalue weighted by molar-refractivity contribution is -0.137. The van der Waals surface area contributed by atoms with E-state index in [1.807, 2.05) is 37.2 Å². The van der Waals surface area contributed by atoms with Crippen LogP contribution in [0.4, 0.5) is 13.2 Å². The predicted molar refractivity (Wildman–Crippen MR) is 128 cm³/mol. The Morgan fingerprint density at radius 2 is 1.89 bits per heavy atom. The summed E-state index contributed by atoms with van der Waals surface area (Å²) in [6, 6.07) is 4.75. The number of aromatic nitrogens is 2. The molecule has 0 aliphatic carbocycles. The number of ether oxygens (including phenoxy) is 1. The molecule has 1 aliphatic rings. The molecule has 2 aromatic rings.